The first-order valence-corrected chi connectivity index (χ1v) is 6.38. The Hall–Kier alpha value is -0.550. The van der Waals surface area contributed by atoms with Gasteiger partial charge in [-0.25, -0.2) is 0 Å². The monoisotopic (exact) mass is 372 g/mol. The van der Waals surface area contributed by atoms with Crippen LogP contribution in [0, 0.1) is 3.57 Å². The van der Waals surface area contributed by atoms with Gasteiger partial charge in [-0.3, -0.25) is 0 Å². The summed E-state index contributed by atoms with van der Waals surface area (Å²) < 4.78 is 8.03. The van der Waals surface area contributed by atoms with Crippen molar-refractivity contribution in [3.8, 4) is 0 Å². The Bertz CT molecular complexity index is 657. The molecule has 0 spiro atoms. The predicted octanol–water partition coefficient (Wildman–Crippen LogP) is 4.95. The highest BCUT2D eigenvalue weighted by Gasteiger charge is 2.06. The lowest BCUT2D eigenvalue weighted by Crippen LogP contribution is -1.69. The minimum absolute atomic E-state index is 0.932. The second-order valence-corrected chi connectivity index (χ2v) is 5.54. The Kier molecular flexibility index (Phi) is 2.25. The van der Waals surface area contributed by atoms with Gasteiger partial charge in [0.1, 0.15) is 11.2 Å². The Morgan fingerprint density at radius 1 is 0.933 bits per heavy atom. The maximum atomic E-state index is 5.75. The summed E-state index contributed by atoms with van der Waals surface area (Å²) in [5.74, 6) is 0. The van der Waals surface area contributed by atoms with Gasteiger partial charge < -0.3 is 4.42 Å². The summed E-state index contributed by atoms with van der Waals surface area (Å²) in [5.41, 5.74) is 1.88. The van der Waals surface area contributed by atoms with Crippen LogP contribution in [0.4, 0.5) is 0 Å². The van der Waals surface area contributed by atoms with E-state index in [0.717, 1.165) is 15.6 Å². The molecule has 3 aromatic rings. The van der Waals surface area contributed by atoms with Crippen LogP contribution in [0.3, 0.4) is 0 Å². The molecule has 1 aromatic heterocycles. The van der Waals surface area contributed by atoms with Gasteiger partial charge >= 0.3 is 0 Å². The zero-order chi connectivity index (χ0) is 10.4. The Labute approximate surface area is 109 Å². The molecule has 1 heterocycles. The Morgan fingerprint density at radius 3 is 2.67 bits per heavy atom. The van der Waals surface area contributed by atoms with Gasteiger partial charge in [-0.1, -0.05) is 15.9 Å². The standard InChI is InChI=1S/C12H6BrIO/c13-7-1-3-9-10-6-8(14)2-4-11(10)15-12(9)5-7/h1-6H. The lowest BCUT2D eigenvalue weighted by Gasteiger charge is -1.90. The third kappa shape index (κ3) is 1.58. The molecule has 3 heteroatoms. The van der Waals surface area contributed by atoms with E-state index in [2.05, 4.69) is 56.7 Å². The summed E-state index contributed by atoms with van der Waals surface area (Å²) in [6.45, 7) is 0. The lowest BCUT2D eigenvalue weighted by molar-refractivity contribution is 0.668. The van der Waals surface area contributed by atoms with Crippen molar-refractivity contribution in [1.82, 2.24) is 0 Å². The molecule has 3 rings (SSSR count). The van der Waals surface area contributed by atoms with E-state index in [1.165, 1.54) is 14.3 Å². The summed E-state index contributed by atoms with van der Waals surface area (Å²) >= 11 is 5.76. The molecule has 0 N–H and O–H groups in total. The van der Waals surface area contributed by atoms with Crippen LogP contribution in [-0.4, -0.2) is 0 Å². The molecule has 0 aliphatic rings. The van der Waals surface area contributed by atoms with Crippen molar-refractivity contribution in [2.24, 2.45) is 0 Å². The number of hydrogen-bond donors (Lipinski definition) is 0. The maximum Gasteiger partial charge on any atom is 0.136 e. The molecule has 74 valence electrons. The normalized spacial score (nSPS) is 11.3. The van der Waals surface area contributed by atoms with Gasteiger partial charge in [-0.2, -0.15) is 0 Å². The predicted molar refractivity (Wildman–Crippen MR) is 74.1 cm³/mol. The van der Waals surface area contributed by atoms with Gasteiger partial charge in [0.15, 0.2) is 0 Å². The van der Waals surface area contributed by atoms with Gasteiger partial charge in [0.05, 0.1) is 0 Å². The molecule has 15 heavy (non-hydrogen) atoms. The minimum atomic E-state index is 0.932. The van der Waals surface area contributed by atoms with E-state index >= 15 is 0 Å². The van der Waals surface area contributed by atoms with Gasteiger partial charge in [0.25, 0.3) is 0 Å². The first-order chi connectivity index (χ1) is 7.24. The molecule has 0 aliphatic heterocycles. The maximum absolute atomic E-state index is 5.75. The van der Waals surface area contributed by atoms with E-state index in [0.29, 0.717) is 0 Å². The number of hydrogen-bond acceptors (Lipinski definition) is 1. The van der Waals surface area contributed by atoms with Crippen LogP contribution in [0.2, 0.25) is 0 Å². The average molecular weight is 373 g/mol. The van der Waals surface area contributed by atoms with Crippen LogP contribution in [0.1, 0.15) is 0 Å². The molecule has 1 nitrogen and oxygen atoms in total. The van der Waals surface area contributed by atoms with E-state index in [9.17, 15) is 0 Å². The number of fused-ring (bicyclic) bond motifs is 3. The fourth-order valence-corrected chi connectivity index (χ4v) is 2.55. The van der Waals surface area contributed by atoms with Crippen LogP contribution < -0.4 is 0 Å². The summed E-state index contributed by atoms with van der Waals surface area (Å²) in [4.78, 5) is 0. The van der Waals surface area contributed by atoms with Crippen LogP contribution in [0.15, 0.2) is 45.3 Å². The van der Waals surface area contributed by atoms with Crippen molar-refractivity contribution in [3.63, 3.8) is 0 Å². The van der Waals surface area contributed by atoms with E-state index in [1.54, 1.807) is 0 Å². The number of halogens is 2. The van der Waals surface area contributed by atoms with Crippen LogP contribution in [-0.2, 0) is 0 Å². The highest BCUT2D eigenvalue weighted by Crippen LogP contribution is 2.31. The average Bonchev–Trinajstić information content (AvgIpc) is 2.54. The molecule has 0 atom stereocenters. The summed E-state index contributed by atoms with van der Waals surface area (Å²) in [6.07, 6.45) is 0. The fraction of sp³-hybridized carbons (Fsp3) is 0. The Balaban J connectivity index is 2.53. The summed E-state index contributed by atoms with van der Waals surface area (Å²) in [7, 11) is 0. The van der Waals surface area contributed by atoms with E-state index in [-0.39, 0.29) is 0 Å². The zero-order valence-electron chi connectivity index (χ0n) is 7.63. The highest BCUT2D eigenvalue weighted by atomic mass is 127. The van der Waals surface area contributed by atoms with Crippen molar-refractivity contribution in [3.05, 3.63) is 44.4 Å². The third-order valence-corrected chi connectivity index (χ3v) is 3.56. The molecule has 0 fully saturated rings. The first-order valence-electron chi connectivity index (χ1n) is 4.51. The second kappa shape index (κ2) is 3.49. The zero-order valence-corrected chi connectivity index (χ0v) is 11.4. The van der Waals surface area contributed by atoms with Crippen molar-refractivity contribution >= 4 is 60.5 Å². The Morgan fingerprint density at radius 2 is 1.80 bits per heavy atom. The molecule has 0 bridgehead atoms. The molecule has 2 aromatic carbocycles. The number of furan rings is 1. The molecule has 0 radical (unpaired) electrons. The van der Waals surface area contributed by atoms with Crippen LogP contribution >= 0.6 is 38.5 Å². The topological polar surface area (TPSA) is 13.1 Å². The van der Waals surface area contributed by atoms with Gasteiger partial charge in [0.2, 0.25) is 0 Å². The quantitative estimate of drug-likeness (QED) is 0.509. The summed E-state index contributed by atoms with van der Waals surface area (Å²) in [6, 6.07) is 12.3. The SMILES string of the molecule is Brc1ccc2c(c1)oc1ccc(I)cc12. The number of rotatable bonds is 0. The van der Waals surface area contributed by atoms with Crippen molar-refractivity contribution < 1.29 is 4.42 Å². The van der Waals surface area contributed by atoms with E-state index in [1.807, 2.05) is 18.2 Å². The second-order valence-electron chi connectivity index (χ2n) is 3.38. The van der Waals surface area contributed by atoms with Crippen molar-refractivity contribution in [2.45, 2.75) is 0 Å². The van der Waals surface area contributed by atoms with E-state index < -0.39 is 0 Å². The van der Waals surface area contributed by atoms with Crippen molar-refractivity contribution in [1.29, 1.82) is 0 Å². The number of benzene rings is 2. The molecule has 0 saturated carbocycles. The van der Waals surface area contributed by atoms with E-state index in [4.69, 9.17) is 4.42 Å². The molecule has 0 saturated heterocycles. The minimum Gasteiger partial charge on any atom is -0.456 e. The molecular formula is C12H6BrIO. The molecule has 0 amide bonds. The van der Waals surface area contributed by atoms with Crippen LogP contribution in [0.25, 0.3) is 21.9 Å². The van der Waals surface area contributed by atoms with Gasteiger partial charge in [-0.05, 0) is 59.0 Å². The smallest absolute Gasteiger partial charge is 0.136 e. The third-order valence-electron chi connectivity index (χ3n) is 2.40. The first kappa shape index (κ1) is 9.66. The molecular weight excluding hydrogens is 367 g/mol. The van der Waals surface area contributed by atoms with Crippen molar-refractivity contribution in [2.75, 3.05) is 0 Å². The van der Waals surface area contributed by atoms with Gasteiger partial charge in [0, 0.05) is 18.8 Å². The summed E-state index contributed by atoms with van der Waals surface area (Å²) in [5, 5.41) is 2.36. The van der Waals surface area contributed by atoms with Crippen LogP contribution in [0.5, 0.6) is 0 Å². The highest BCUT2D eigenvalue weighted by molar-refractivity contribution is 14.1. The molecule has 0 unspecified atom stereocenters. The molecule has 0 aliphatic carbocycles. The fourth-order valence-electron chi connectivity index (χ4n) is 1.72. The van der Waals surface area contributed by atoms with Gasteiger partial charge in [-0.15, -0.1) is 0 Å². The largest absolute Gasteiger partial charge is 0.456 e. The lowest BCUT2D eigenvalue weighted by atomic mass is 10.2.